The summed E-state index contributed by atoms with van der Waals surface area (Å²) in [4.78, 5) is 12.2. The predicted molar refractivity (Wildman–Crippen MR) is 103 cm³/mol. The van der Waals surface area contributed by atoms with E-state index in [1.54, 1.807) is 6.07 Å². The second kappa shape index (κ2) is 8.73. The first-order valence-electron chi connectivity index (χ1n) is 8.62. The molecule has 0 saturated heterocycles. The van der Waals surface area contributed by atoms with E-state index in [4.69, 9.17) is 20.8 Å². The lowest BCUT2D eigenvalue weighted by molar-refractivity contribution is 0.0992. The number of nitrogens with one attached hydrogen (secondary N) is 1. The van der Waals surface area contributed by atoms with Crippen molar-refractivity contribution < 1.29 is 18.3 Å². The average Bonchev–Trinajstić information content (AvgIpc) is 3.13. The van der Waals surface area contributed by atoms with E-state index in [1.165, 1.54) is 23.8 Å². The number of halogens is 2. The van der Waals surface area contributed by atoms with Crippen LogP contribution in [0.5, 0.6) is 5.75 Å². The van der Waals surface area contributed by atoms with Crippen molar-refractivity contribution in [1.82, 2.24) is 0 Å². The monoisotopic (exact) mass is 387 g/mol. The van der Waals surface area contributed by atoms with Crippen LogP contribution in [0.1, 0.15) is 35.2 Å². The topological polar surface area (TPSA) is 51.5 Å². The van der Waals surface area contributed by atoms with Crippen LogP contribution >= 0.6 is 11.6 Å². The molecule has 0 aliphatic carbocycles. The average molecular weight is 388 g/mol. The Balaban J connectivity index is 1.58. The Hall–Kier alpha value is -2.79. The van der Waals surface area contributed by atoms with Gasteiger partial charge < -0.3 is 14.5 Å². The molecule has 1 amide bonds. The van der Waals surface area contributed by atoms with Crippen molar-refractivity contribution in [3.05, 3.63) is 82.5 Å². The molecule has 1 N–H and O–H groups in total. The van der Waals surface area contributed by atoms with Gasteiger partial charge in [-0.2, -0.15) is 0 Å². The summed E-state index contributed by atoms with van der Waals surface area (Å²) in [7, 11) is 0. The first kappa shape index (κ1) is 19.0. The molecule has 0 aliphatic heterocycles. The minimum absolute atomic E-state index is 0.0331. The zero-order chi connectivity index (χ0) is 19.2. The fourth-order valence-electron chi connectivity index (χ4n) is 2.55. The molecule has 0 atom stereocenters. The van der Waals surface area contributed by atoms with E-state index in [0.29, 0.717) is 5.76 Å². The van der Waals surface area contributed by atoms with Crippen LogP contribution in [0.15, 0.2) is 59.0 Å². The number of anilines is 1. The lowest BCUT2D eigenvalue weighted by Gasteiger charge is -2.06. The summed E-state index contributed by atoms with van der Waals surface area (Å²) in [6.07, 6.45) is 2.13. The Kier molecular flexibility index (Phi) is 6.14. The molecule has 3 aromatic rings. The van der Waals surface area contributed by atoms with Crippen LogP contribution in [0.3, 0.4) is 0 Å². The molecule has 0 aliphatic rings. The molecule has 3 rings (SSSR count). The zero-order valence-corrected chi connectivity index (χ0v) is 15.6. The molecular weight excluding hydrogens is 369 g/mol. The number of amides is 1. The summed E-state index contributed by atoms with van der Waals surface area (Å²) in [5.74, 6) is 0.125. The van der Waals surface area contributed by atoms with Crippen LogP contribution in [0.25, 0.3) is 0 Å². The number of benzene rings is 2. The lowest BCUT2D eigenvalue weighted by atomic mass is 10.1. The number of hydrogen-bond donors (Lipinski definition) is 1. The molecule has 2 aromatic carbocycles. The first-order valence-corrected chi connectivity index (χ1v) is 9.00. The predicted octanol–water partition coefficient (Wildman–Crippen LogP) is 5.86. The lowest BCUT2D eigenvalue weighted by Crippen LogP contribution is -2.12. The van der Waals surface area contributed by atoms with Crippen molar-refractivity contribution in [3.8, 4) is 5.75 Å². The number of furan rings is 1. The van der Waals surface area contributed by atoms with Gasteiger partial charge in [0.25, 0.3) is 5.91 Å². The number of carbonyl (C=O) groups excluding carboxylic acids is 1. The van der Waals surface area contributed by atoms with Crippen molar-refractivity contribution in [1.29, 1.82) is 0 Å². The third-order valence-electron chi connectivity index (χ3n) is 3.91. The van der Waals surface area contributed by atoms with Gasteiger partial charge in [0, 0.05) is 5.02 Å². The molecule has 1 aromatic heterocycles. The Morgan fingerprint density at radius 1 is 1.15 bits per heavy atom. The number of hydrogen-bond acceptors (Lipinski definition) is 3. The number of ether oxygens (including phenoxy) is 1. The quantitative estimate of drug-likeness (QED) is 0.552. The van der Waals surface area contributed by atoms with Crippen LogP contribution in [0, 0.1) is 5.82 Å². The van der Waals surface area contributed by atoms with E-state index >= 15 is 0 Å². The molecule has 140 valence electrons. The van der Waals surface area contributed by atoms with Crippen LogP contribution in [0.2, 0.25) is 5.02 Å². The van der Waals surface area contributed by atoms with Crippen molar-refractivity contribution in [2.45, 2.75) is 26.4 Å². The number of rotatable bonds is 7. The standard InChI is InChI=1S/C21H19ClFNO3/c1-2-3-14-4-7-16(8-5-14)26-13-17-9-11-20(27-17)21(25)24-19-10-6-15(22)12-18(19)23/h4-12H,2-3,13H2,1H3,(H,24,25). The Bertz CT molecular complexity index is 921. The third kappa shape index (κ3) is 5.11. The summed E-state index contributed by atoms with van der Waals surface area (Å²) in [5.41, 5.74) is 1.29. The SMILES string of the molecule is CCCc1ccc(OCc2ccc(C(=O)Nc3ccc(Cl)cc3F)o2)cc1. The second-order valence-electron chi connectivity index (χ2n) is 6.03. The van der Waals surface area contributed by atoms with Crippen molar-refractivity contribution >= 4 is 23.2 Å². The van der Waals surface area contributed by atoms with Crippen molar-refractivity contribution in [3.63, 3.8) is 0 Å². The van der Waals surface area contributed by atoms with Crippen molar-refractivity contribution in [2.24, 2.45) is 0 Å². The molecule has 6 heteroatoms. The summed E-state index contributed by atoms with van der Waals surface area (Å²) in [6, 6.07) is 15.1. The van der Waals surface area contributed by atoms with E-state index in [0.717, 1.165) is 24.7 Å². The summed E-state index contributed by atoms with van der Waals surface area (Å²) in [6.45, 7) is 2.33. The summed E-state index contributed by atoms with van der Waals surface area (Å²) < 4.78 is 24.9. The normalized spacial score (nSPS) is 10.6. The second-order valence-corrected chi connectivity index (χ2v) is 6.46. The fraction of sp³-hybridized carbons (Fsp3) is 0.190. The Morgan fingerprint density at radius 2 is 1.93 bits per heavy atom. The highest BCUT2D eigenvalue weighted by atomic mass is 35.5. The summed E-state index contributed by atoms with van der Waals surface area (Å²) >= 11 is 5.70. The van der Waals surface area contributed by atoms with Crippen molar-refractivity contribution in [2.75, 3.05) is 5.32 Å². The Labute approximate surface area is 161 Å². The highest BCUT2D eigenvalue weighted by Crippen LogP contribution is 2.21. The van der Waals surface area contributed by atoms with Crippen LogP contribution in [0.4, 0.5) is 10.1 Å². The molecular formula is C21H19ClFNO3. The Morgan fingerprint density at radius 3 is 2.63 bits per heavy atom. The van der Waals surface area contributed by atoms with Gasteiger partial charge in [0.1, 0.15) is 23.9 Å². The van der Waals surface area contributed by atoms with Gasteiger partial charge in [0.15, 0.2) is 5.76 Å². The van der Waals surface area contributed by atoms with Gasteiger partial charge >= 0.3 is 0 Å². The fourth-order valence-corrected chi connectivity index (χ4v) is 2.71. The van der Waals surface area contributed by atoms with Gasteiger partial charge in [-0.15, -0.1) is 0 Å². The smallest absolute Gasteiger partial charge is 0.291 e. The summed E-state index contributed by atoms with van der Waals surface area (Å²) in [5, 5.41) is 2.71. The highest BCUT2D eigenvalue weighted by Gasteiger charge is 2.14. The number of carbonyl (C=O) groups is 1. The van der Waals surface area contributed by atoms with Gasteiger partial charge in [-0.05, 0) is 54.4 Å². The van der Waals surface area contributed by atoms with Crippen LogP contribution in [-0.4, -0.2) is 5.91 Å². The van der Waals surface area contributed by atoms with Gasteiger partial charge in [-0.3, -0.25) is 4.79 Å². The van der Waals surface area contributed by atoms with E-state index in [1.807, 2.05) is 24.3 Å². The van der Waals surface area contributed by atoms with E-state index in [-0.39, 0.29) is 23.1 Å². The molecule has 0 unspecified atom stereocenters. The molecule has 0 saturated carbocycles. The molecule has 0 radical (unpaired) electrons. The molecule has 0 fully saturated rings. The highest BCUT2D eigenvalue weighted by molar-refractivity contribution is 6.30. The van der Waals surface area contributed by atoms with Gasteiger partial charge in [0.2, 0.25) is 0 Å². The maximum absolute atomic E-state index is 13.8. The molecule has 27 heavy (non-hydrogen) atoms. The van der Waals surface area contributed by atoms with Gasteiger partial charge in [-0.25, -0.2) is 4.39 Å². The third-order valence-corrected chi connectivity index (χ3v) is 4.14. The molecule has 1 heterocycles. The maximum Gasteiger partial charge on any atom is 0.291 e. The maximum atomic E-state index is 13.8. The van der Waals surface area contributed by atoms with Crippen LogP contribution < -0.4 is 10.1 Å². The van der Waals surface area contributed by atoms with E-state index in [9.17, 15) is 9.18 Å². The first-order chi connectivity index (χ1) is 13.0. The largest absolute Gasteiger partial charge is 0.486 e. The van der Waals surface area contributed by atoms with Crippen LogP contribution in [-0.2, 0) is 13.0 Å². The minimum atomic E-state index is -0.613. The van der Waals surface area contributed by atoms with E-state index in [2.05, 4.69) is 12.2 Å². The molecule has 0 bridgehead atoms. The number of aryl methyl sites for hydroxylation is 1. The zero-order valence-electron chi connectivity index (χ0n) is 14.8. The molecule has 4 nitrogen and oxygen atoms in total. The van der Waals surface area contributed by atoms with Gasteiger partial charge in [-0.1, -0.05) is 37.1 Å². The van der Waals surface area contributed by atoms with E-state index < -0.39 is 11.7 Å². The molecule has 0 spiro atoms. The van der Waals surface area contributed by atoms with Gasteiger partial charge in [0.05, 0.1) is 5.69 Å². The minimum Gasteiger partial charge on any atom is -0.486 e.